The maximum absolute atomic E-state index is 14.6. The van der Waals surface area contributed by atoms with E-state index in [1.54, 1.807) is 31.2 Å². The van der Waals surface area contributed by atoms with E-state index in [9.17, 15) is 22.4 Å². The molecule has 0 radical (unpaired) electrons. The van der Waals surface area contributed by atoms with E-state index in [1.807, 2.05) is 6.92 Å². The number of aryl methyl sites for hydroxylation is 1. The average Bonchev–Trinajstić information content (AvgIpc) is 2.94. The Morgan fingerprint density at radius 2 is 1.68 bits per heavy atom. The number of nitrogens with zero attached hydrogens (tertiary/aromatic N) is 2. The van der Waals surface area contributed by atoms with Crippen LogP contribution in [0.2, 0.25) is 0 Å². The highest BCUT2D eigenvalue weighted by Gasteiger charge is 2.34. The molecule has 0 saturated heterocycles. The maximum Gasteiger partial charge on any atom is 0.264 e. The number of ether oxygens (including phenoxy) is 2. The summed E-state index contributed by atoms with van der Waals surface area (Å²) in [5.74, 6) is -1.21. The number of sulfonamides is 1. The molecule has 214 valence electrons. The normalized spacial score (nSPS) is 11.8. The molecule has 0 saturated carbocycles. The minimum Gasteiger partial charge on any atom is -0.497 e. The number of likely N-dealkylation sites (N-methyl/N-ethyl adjacent to an activating group) is 1. The molecule has 3 rings (SSSR count). The van der Waals surface area contributed by atoms with Crippen LogP contribution in [0.1, 0.15) is 25.0 Å². The Morgan fingerprint density at radius 1 is 1.00 bits per heavy atom. The van der Waals surface area contributed by atoms with Gasteiger partial charge in [0.25, 0.3) is 10.0 Å². The minimum absolute atomic E-state index is 0.0480. The Bertz CT molecular complexity index is 1450. The number of hydrogen-bond donors (Lipinski definition) is 1. The molecule has 0 bridgehead atoms. The molecule has 40 heavy (non-hydrogen) atoms. The van der Waals surface area contributed by atoms with Crippen LogP contribution < -0.4 is 19.1 Å². The Kier molecular flexibility index (Phi) is 10.1. The molecule has 11 heteroatoms. The molecule has 3 aromatic carbocycles. The number of halogens is 1. The van der Waals surface area contributed by atoms with Crippen molar-refractivity contribution in [3.8, 4) is 11.5 Å². The highest BCUT2D eigenvalue weighted by atomic mass is 32.2. The lowest BCUT2D eigenvalue weighted by atomic mass is 10.1. The van der Waals surface area contributed by atoms with Crippen LogP contribution >= 0.6 is 0 Å². The van der Waals surface area contributed by atoms with Crippen molar-refractivity contribution >= 4 is 27.5 Å². The number of methoxy groups -OCH3 is 2. The number of anilines is 1. The number of rotatable bonds is 12. The number of hydrogen-bond acceptors (Lipinski definition) is 6. The van der Waals surface area contributed by atoms with Gasteiger partial charge in [-0.25, -0.2) is 12.8 Å². The van der Waals surface area contributed by atoms with Gasteiger partial charge in [0.15, 0.2) is 0 Å². The van der Waals surface area contributed by atoms with E-state index in [-0.39, 0.29) is 28.4 Å². The van der Waals surface area contributed by atoms with Crippen molar-refractivity contribution in [1.82, 2.24) is 10.2 Å². The van der Waals surface area contributed by atoms with Gasteiger partial charge < -0.3 is 19.7 Å². The molecule has 1 N–H and O–H groups in total. The molecule has 3 aromatic rings. The Hall–Kier alpha value is -4.12. The van der Waals surface area contributed by atoms with E-state index in [4.69, 9.17) is 9.47 Å². The fraction of sp³-hybridized carbons (Fsp3) is 0.310. The molecular formula is C29H34FN3O6S. The van der Waals surface area contributed by atoms with E-state index in [2.05, 4.69) is 5.32 Å². The highest BCUT2D eigenvalue weighted by molar-refractivity contribution is 7.92. The SMILES string of the molecule is CCNC(=O)C(C)N(Cc1ccccc1F)C(=O)CN(c1cc(OC)ccc1OC)S(=O)(=O)c1ccc(C)cc1. The fourth-order valence-corrected chi connectivity index (χ4v) is 5.47. The largest absolute Gasteiger partial charge is 0.497 e. The third kappa shape index (κ3) is 6.90. The van der Waals surface area contributed by atoms with Crippen molar-refractivity contribution < 1.29 is 31.9 Å². The molecule has 0 spiro atoms. The van der Waals surface area contributed by atoms with Crippen molar-refractivity contribution in [2.45, 2.75) is 38.3 Å². The average molecular weight is 572 g/mol. The van der Waals surface area contributed by atoms with Gasteiger partial charge in [0, 0.05) is 24.7 Å². The third-order valence-corrected chi connectivity index (χ3v) is 8.13. The van der Waals surface area contributed by atoms with E-state index in [0.29, 0.717) is 12.3 Å². The van der Waals surface area contributed by atoms with E-state index < -0.39 is 40.2 Å². The molecule has 2 amide bonds. The first-order valence-corrected chi connectivity index (χ1v) is 14.1. The van der Waals surface area contributed by atoms with Gasteiger partial charge in [-0.3, -0.25) is 13.9 Å². The number of carbonyl (C=O) groups excluding carboxylic acids is 2. The van der Waals surface area contributed by atoms with Crippen LogP contribution in [-0.4, -0.2) is 58.5 Å². The summed E-state index contributed by atoms with van der Waals surface area (Å²) in [5, 5.41) is 2.67. The summed E-state index contributed by atoms with van der Waals surface area (Å²) in [7, 11) is -1.51. The summed E-state index contributed by atoms with van der Waals surface area (Å²) in [6, 6.07) is 15.6. The van der Waals surface area contributed by atoms with Crippen LogP contribution in [0.4, 0.5) is 10.1 Å². The van der Waals surface area contributed by atoms with Gasteiger partial charge in [0.2, 0.25) is 11.8 Å². The number of benzene rings is 3. The maximum atomic E-state index is 14.6. The quantitative estimate of drug-likeness (QED) is 0.354. The van der Waals surface area contributed by atoms with Crippen LogP contribution in [0.15, 0.2) is 71.6 Å². The third-order valence-electron chi connectivity index (χ3n) is 6.36. The van der Waals surface area contributed by atoms with Gasteiger partial charge in [-0.15, -0.1) is 0 Å². The zero-order valence-corrected chi connectivity index (χ0v) is 24.0. The van der Waals surface area contributed by atoms with Crippen molar-refractivity contribution in [2.24, 2.45) is 0 Å². The van der Waals surface area contributed by atoms with Gasteiger partial charge in [-0.1, -0.05) is 35.9 Å². The molecule has 0 aromatic heterocycles. The number of carbonyl (C=O) groups is 2. The first kappa shape index (κ1) is 30.4. The van der Waals surface area contributed by atoms with Gasteiger partial charge in [0.1, 0.15) is 29.9 Å². The second-order valence-corrected chi connectivity index (χ2v) is 10.9. The smallest absolute Gasteiger partial charge is 0.264 e. The van der Waals surface area contributed by atoms with Gasteiger partial charge in [-0.05, 0) is 51.1 Å². The molecule has 0 fully saturated rings. The first-order valence-electron chi connectivity index (χ1n) is 12.7. The topological polar surface area (TPSA) is 105 Å². The second-order valence-electron chi connectivity index (χ2n) is 9.05. The summed E-state index contributed by atoms with van der Waals surface area (Å²) in [4.78, 5) is 27.8. The predicted octanol–water partition coefficient (Wildman–Crippen LogP) is 3.90. The molecule has 0 heterocycles. The Morgan fingerprint density at radius 3 is 2.27 bits per heavy atom. The molecule has 0 aliphatic rings. The van der Waals surface area contributed by atoms with Crippen LogP contribution in [0.3, 0.4) is 0 Å². The zero-order chi connectivity index (χ0) is 29.4. The van der Waals surface area contributed by atoms with Crippen LogP contribution in [0.25, 0.3) is 0 Å². The summed E-state index contributed by atoms with van der Waals surface area (Å²) in [6.45, 7) is 4.44. The summed E-state index contributed by atoms with van der Waals surface area (Å²) in [6.07, 6.45) is 0. The second kappa shape index (κ2) is 13.3. The number of nitrogens with one attached hydrogen (secondary N) is 1. The molecule has 9 nitrogen and oxygen atoms in total. The zero-order valence-electron chi connectivity index (χ0n) is 23.2. The van der Waals surface area contributed by atoms with Crippen LogP contribution in [0.5, 0.6) is 11.5 Å². The summed E-state index contributed by atoms with van der Waals surface area (Å²) in [5.41, 5.74) is 1.10. The monoisotopic (exact) mass is 571 g/mol. The van der Waals surface area contributed by atoms with E-state index in [0.717, 1.165) is 14.8 Å². The summed E-state index contributed by atoms with van der Waals surface area (Å²) < 4.78 is 54.3. The molecular weight excluding hydrogens is 537 g/mol. The highest BCUT2D eigenvalue weighted by Crippen LogP contribution is 2.36. The van der Waals surface area contributed by atoms with Crippen molar-refractivity contribution in [3.05, 3.63) is 83.7 Å². The minimum atomic E-state index is -4.32. The molecule has 1 unspecified atom stereocenters. The Balaban J connectivity index is 2.13. The van der Waals surface area contributed by atoms with Crippen LogP contribution in [0, 0.1) is 12.7 Å². The van der Waals surface area contributed by atoms with Crippen molar-refractivity contribution in [2.75, 3.05) is 31.6 Å². The summed E-state index contributed by atoms with van der Waals surface area (Å²) >= 11 is 0. The van der Waals surface area contributed by atoms with Crippen molar-refractivity contribution in [3.63, 3.8) is 0 Å². The van der Waals surface area contributed by atoms with Gasteiger partial charge in [0.05, 0.1) is 24.8 Å². The van der Waals surface area contributed by atoms with Gasteiger partial charge in [-0.2, -0.15) is 0 Å². The lowest BCUT2D eigenvalue weighted by Gasteiger charge is -2.32. The predicted molar refractivity (Wildman–Crippen MR) is 150 cm³/mol. The van der Waals surface area contributed by atoms with Gasteiger partial charge >= 0.3 is 0 Å². The van der Waals surface area contributed by atoms with Crippen LogP contribution in [-0.2, 0) is 26.2 Å². The fourth-order valence-electron chi connectivity index (χ4n) is 4.06. The molecule has 0 aliphatic heterocycles. The molecule has 1 atom stereocenters. The molecule has 0 aliphatic carbocycles. The van der Waals surface area contributed by atoms with E-state index in [1.165, 1.54) is 63.6 Å². The first-order chi connectivity index (χ1) is 19.0. The van der Waals surface area contributed by atoms with Crippen molar-refractivity contribution in [1.29, 1.82) is 0 Å². The standard InChI is InChI=1S/C29H34FN3O6S/c1-6-31-29(35)21(3)32(18-22-9-7-8-10-25(22)30)28(34)19-33(26-17-23(38-4)13-16-27(26)39-5)40(36,37)24-14-11-20(2)12-15-24/h7-17,21H,6,18-19H2,1-5H3,(H,31,35). The van der Waals surface area contributed by atoms with E-state index >= 15 is 0 Å². The Labute approximate surface area is 234 Å². The lowest BCUT2D eigenvalue weighted by Crippen LogP contribution is -2.51. The number of amides is 2. The lowest BCUT2D eigenvalue weighted by molar-refractivity contribution is -0.139.